The Morgan fingerprint density at radius 2 is 1.57 bits per heavy atom. The molecule has 8 nitrogen and oxygen atoms in total. The lowest BCUT2D eigenvalue weighted by atomic mass is 10.1. The van der Waals surface area contributed by atoms with E-state index in [2.05, 4.69) is 10.3 Å². The fourth-order valence-corrected chi connectivity index (χ4v) is 4.17. The van der Waals surface area contributed by atoms with E-state index in [9.17, 15) is 14.4 Å². The first-order valence-electron chi connectivity index (χ1n) is 8.95. The van der Waals surface area contributed by atoms with Crippen LogP contribution < -0.4 is 5.32 Å². The lowest BCUT2D eigenvalue weighted by Crippen LogP contribution is -2.37. The second-order valence-corrected chi connectivity index (χ2v) is 7.44. The van der Waals surface area contributed by atoms with E-state index in [0.717, 1.165) is 4.90 Å². The monoisotopic (exact) mass is 419 g/mol. The van der Waals surface area contributed by atoms with Gasteiger partial charge in [0.25, 0.3) is 11.8 Å². The first-order valence-corrected chi connectivity index (χ1v) is 9.77. The zero-order chi connectivity index (χ0) is 20.7. The van der Waals surface area contributed by atoms with Crippen LogP contribution >= 0.6 is 11.3 Å². The van der Waals surface area contributed by atoms with Gasteiger partial charge in [-0.1, -0.05) is 23.5 Å². The van der Waals surface area contributed by atoms with Crippen molar-refractivity contribution in [3.8, 4) is 22.1 Å². The number of thiazole rings is 1. The van der Waals surface area contributed by atoms with Crippen LogP contribution in [0.4, 0.5) is 5.13 Å². The molecule has 9 heteroatoms. The van der Waals surface area contributed by atoms with Crippen LogP contribution in [0.1, 0.15) is 20.7 Å². The van der Waals surface area contributed by atoms with Crippen molar-refractivity contribution < 1.29 is 23.2 Å². The van der Waals surface area contributed by atoms with Crippen LogP contribution in [0.25, 0.3) is 22.1 Å². The number of hydrogen-bond acceptors (Lipinski definition) is 7. The van der Waals surface area contributed by atoms with Crippen molar-refractivity contribution >= 4 is 34.2 Å². The van der Waals surface area contributed by atoms with Crippen molar-refractivity contribution in [2.45, 2.75) is 0 Å². The van der Waals surface area contributed by atoms with Crippen molar-refractivity contribution in [1.29, 1.82) is 0 Å². The molecular weight excluding hydrogens is 406 g/mol. The molecule has 1 aliphatic heterocycles. The Morgan fingerprint density at radius 1 is 0.933 bits per heavy atom. The molecule has 0 unspecified atom stereocenters. The molecule has 0 aliphatic carbocycles. The summed E-state index contributed by atoms with van der Waals surface area (Å²) >= 11 is 1.21. The number of carbonyl (C=O) groups is 3. The number of carbonyl (C=O) groups excluding carboxylic acids is 3. The van der Waals surface area contributed by atoms with Gasteiger partial charge in [0.1, 0.15) is 22.9 Å². The maximum atomic E-state index is 12.6. The van der Waals surface area contributed by atoms with Crippen molar-refractivity contribution in [1.82, 2.24) is 9.88 Å². The number of anilines is 1. The Morgan fingerprint density at radius 3 is 2.17 bits per heavy atom. The molecule has 3 amide bonds. The third-order valence-corrected chi connectivity index (χ3v) is 5.54. The molecule has 4 heterocycles. The van der Waals surface area contributed by atoms with Gasteiger partial charge in [-0.25, -0.2) is 4.98 Å². The second kappa shape index (κ2) is 7.12. The standard InChI is InChI=1S/C21H13N3O5S/c25-16(11-24-19(26)12-5-1-2-6-13(12)20(24)27)22-21-23-17(14-7-3-9-28-14)18(30-21)15-8-4-10-29-15/h1-10H,11H2,(H,22,23,25). The summed E-state index contributed by atoms with van der Waals surface area (Å²) in [5, 5.41) is 2.96. The van der Waals surface area contributed by atoms with Gasteiger partial charge >= 0.3 is 0 Å². The largest absolute Gasteiger partial charge is 0.463 e. The number of benzene rings is 1. The minimum atomic E-state index is -0.532. The first kappa shape index (κ1) is 18.1. The summed E-state index contributed by atoms with van der Waals surface area (Å²) in [4.78, 5) is 43.5. The number of fused-ring (bicyclic) bond motifs is 1. The molecule has 1 N–H and O–H groups in total. The lowest BCUT2D eigenvalue weighted by Gasteiger charge is -2.12. The SMILES string of the molecule is O=C(CN1C(=O)c2ccccc2C1=O)Nc1nc(-c2ccco2)c(-c2ccco2)s1. The third kappa shape index (κ3) is 3.01. The molecule has 0 spiro atoms. The van der Waals surface area contributed by atoms with E-state index < -0.39 is 24.3 Å². The Hall–Kier alpha value is -3.98. The number of aromatic nitrogens is 1. The van der Waals surface area contributed by atoms with E-state index in [1.165, 1.54) is 17.6 Å². The van der Waals surface area contributed by atoms with Gasteiger partial charge in [0.05, 0.1) is 23.7 Å². The molecular formula is C21H13N3O5S. The minimum Gasteiger partial charge on any atom is -0.463 e. The highest BCUT2D eigenvalue weighted by Gasteiger charge is 2.36. The number of rotatable bonds is 5. The van der Waals surface area contributed by atoms with E-state index in [1.807, 2.05) is 0 Å². The number of amides is 3. The normalized spacial score (nSPS) is 13.0. The summed E-state index contributed by atoms with van der Waals surface area (Å²) in [6.45, 7) is -0.405. The molecule has 4 aromatic rings. The molecule has 0 bridgehead atoms. The molecule has 0 radical (unpaired) electrons. The average molecular weight is 419 g/mol. The van der Waals surface area contributed by atoms with Crippen molar-refractivity contribution in [3.63, 3.8) is 0 Å². The van der Waals surface area contributed by atoms with Crippen LogP contribution in [0.2, 0.25) is 0 Å². The smallest absolute Gasteiger partial charge is 0.262 e. The zero-order valence-corrected chi connectivity index (χ0v) is 16.1. The van der Waals surface area contributed by atoms with Gasteiger partial charge in [-0.05, 0) is 36.4 Å². The third-order valence-electron chi connectivity index (χ3n) is 4.55. The van der Waals surface area contributed by atoms with Crippen LogP contribution in [-0.2, 0) is 4.79 Å². The second-order valence-electron chi connectivity index (χ2n) is 6.44. The predicted octanol–water partition coefficient (Wildman–Crippen LogP) is 3.90. The van der Waals surface area contributed by atoms with Crippen LogP contribution in [0.15, 0.2) is 69.9 Å². The highest BCUT2D eigenvalue weighted by molar-refractivity contribution is 7.19. The molecule has 5 rings (SSSR count). The topological polar surface area (TPSA) is 106 Å². The zero-order valence-electron chi connectivity index (χ0n) is 15.3. The molecule has 148 valence electrons. The van der Waals surface area contributed by atoms with Crippen molar-refractivity contribution in [2.24, 2.45) is 0 Å². The van der Waals surface area contributed by atoms with Gasteiger partial charge in [0.2, 0.25) is 5.91 Å². The van der Waals surface area contributed by atoms with E-state index in [0.29, 0.717) is 38.4 Å². The Kier molecular flexibility index (Phi) is 4.29. The summed E-state index contributed by atoms with van der Waals surface area (Å²) in [5.74, 6) is -0.400. The Bertz CT molecular complexity index is 1170. The van der Waals surface area contributed by atoms with Gasteiger partial charge in [-0.15, -0.1) is 0 Å². The molecule has 0 fully saturated rings. The van der Waals surface area contributed by atoms with Gasteiger partial charge in [-0.2, -0.15) is 0 Å². The Balaban J connectivity index is 1.38. The molecule has 1 aromatic carbocycles. The number of hydrogen-bond donors (Lipinski definition) is 1. The quantitative estimate of drug-likeness (QED) is 0.492. The highest BCUT2D eigenvalue weighted by Crippen LogP contribution is 2.39. The number of imide groups is 1. The van der Waals surface area contributed by atoms with E-state index in [1.54, 1.807) is 54.8 Å². The summed E-state index contributed by atoms with van der Waals surface area (Å²) in [5.41, 5.74) is 1.12. The predicted molar refractivity (Wildman–Crippen MR) is 108 cm³/mol. The summed E-state index contributed by atoms with van der Waals surface area (Å²) in [7, 11) is 0. The fourth-order valence-electron chi connectivity index (χ4n) is 3.21. The van der Waals surface area contributed by atoms with Crippen LogP contribution in [0.3, 0.4) is 0 Å². The summed E-state index contributed by atoms with van der Waals surface area (Å²) in [6, 6.07) is 13.5. The number of nitrogens with zero attached hydrogens (tertiary/aromatic N) is 2. The molecule has 1 aliphatic rings. The minimum absolute atomic E-state index is 0.296. The van der Waals surface area contributed by atoms with Gasteiger partial charge in [0.15, 0.2) is 10.9 Å². The lowest BCUT2D eigenvalue weighted by molar-refractivity contribution is -0.116. The van der Waals surface area contributed by atoms with Gasteiger partial charge in [-0.3, -0.25) is 19.3 Å². The first-order chi connectivity index (χ1) is 14.6. The Labute approximate surface area is 173 Å². The molecule has 0 saturated carbocycles. The van der Waals surface area contributed by atoms with Crippen LogP contribution in [0.5, 0.6) is 0 Å². The maximum Gasteiger partial charge on any atom is 0.262 e. The van der Waals surface area contributed by atoms with Crippen LogP contribution in [0, 0.1) is 0 Å². The van der Waals surface area contributed by atoms with Crippen molar-refractivity contribution in [2.75, 3.05) is 11.9 Å². The van der Waals surface area contributed by atoms with Crippen LogP contribution in [-0.4, -0.2) is 34.2 Å². The molecule has 0 saturated heterocycles. The molecule has 0 atom stereocenters. The molecule has 3 aromatic heterocycles. The number of nitrogens with one attached hydrogen (secondary N) is 1. The van der Waals surface area contributed by atoms with Gasteiger partial charge in [0, 0.05) is 0 Å². The van der Waals surface area contributed by atoms with Gasteiger partial charge < -0.3 is 14.2 Å². The molecule has 30 heavy (non-hydrogen) atoms. The number of furan rings is 2. The van der Waals surface area contributed by atoms with E-state index in [-0.39, 0.29) is 0 Å². The van der Waals surface area contributed by atoms with Crippen molar-refractivity contribution in [3.05, 3.63) is 72.2 Å². The summed E-state index contributed by atoms with van der Waals surface area (Å²) < 4.78 is 10.9. The highest BCUT2D eigenvalue weighted by atomic mass is 32.1. The fraction of sp³-hybridized carbons (Fsp3) is 0.0476. The van der Waals surface area contributed by atoms with E-state index >= 15 is 0 Å². The average Bonchev–Trinajstić information content (AvgIpc) is 3.53. The maximum absolute atomic E-state index is 12.6. The summed E-state index contributed by atoms with van der Waals surface area (Å²) in [6.07, 6.45) is 3.07. The van der Waals surface area contributed by atoms with E-state index in [4.69, 9.17) is 8.83 Å².